The zero-order valence-electron chi connectivity index (χ0n) is 35.4. The van der Waals surface area contributed by atoms with Crippen LogP contribution in [0.2, 0.25) is 0 Å². The number of nitrogens with zero attached hydrogens (tertiary/aromatic N) is 1. The largest absolute Gasteiger partial charge is 0.472 e. The minimum atomic E-state index is -4.45. The summed E-state index contributed by atoms with van der Waals surface area (Å²) in [4.78, 5) is 35.3. The highest BCUT2D eigenvalue weighted by atomic mass is 31.2. The van der Waals surface area contributed by atoms with Crippen LogP contribution in [0.3, 0.4) is 0 Å². The summed E-state index contributed by atoms with van der Waals surface area (Å²) in [5.41, 5.74) is 0. The van der Waals surface area contributed by atoms with E-state index >= 15 is 0 Å². The zero-order valence-corrected chi connectivity index (χ0v) is 36.3. The number of phosphoric acid groups is 1. The van der Waals surface area contributed by atoms with Crippen LogP contribution in [0.5, 0.6) is 0 Å². The Labute approximate surface area is 339 Å². The van der Waals surface area contributed by atoms with Crippen LogP contribution >= 0.6 is 7.82 Å². The number of carbonyl (C=O) groups is 2. The van der Waals surface area contributed by atoms with Gasteiger partial charge in [0.2, 0.25) is 0 Å². The molecule has 0 saturated heterocycles. The van der Waals surface area contributed by atoms with Gasteiger partial charge in [0.15, 0.2) is 6.10 Å². The number of rotatable bonds is 37. The van der Waals surface area contributed by atoms with Crippen molar-refractivity contribution >= 4 is 19.8 Å². The number of aliphatic hydroxyl groups is 3. The van der Waals surface area contributed by atoms with Crippen molar-refractivity contribution in [1.82, 2.24) is 0 Å². The van der Waals surface area contributed by atoms with Crippen LogP contribution in [0.4, 0.5) is 0 Å². The van der Waals surface area contributed by atoms with E-state index in [9.17, 15) is 34.4 Å². The first-order valence-electron chi connectivity index (χ1n) is 21.2. The van der Waals surface area contributed by atoms with Gasteiger partial charge in [-0.3, -0.25) is 18.6 Å². The maximum Gasteiger partial charge on any atom is 0.472 e. The van der Waals surface area contributed by atoms with Gasteiger partial charge in [0.05, 0.1) is 46.1 Å². The van der Waals surface area contributed by atoms with Crippen LogP contribution in [0.25, 0.3) is 0 Å². The lowest BCUT2D eigenvalue weighted by molar-refractivity contribution is -0.870. The maximum absolute atomic E-state index is 12.7. The van der Waals surface area contributed by atoms with Gasteiger partial charge in [-0.1, -0.05) is 152 Å². The van der Waals surface area contributed by atoms with E-state index in [1.807, 2.05) is 21.1 Å². The standard InChI is InChI=1S/C43H78NO11P/c1-6-8-10-11-12-13-14-15-16-17-22-26-32-43(49)55-39(37-54-56(50,51)53-35-34-44(3,4)5)36-52-42(48)33-27-31-41(47)40(46)30-25-21-19-18-20-24-29-38(45)28-23-9-7-2/h18-21,24-25,29-30,38-41,45-47H,6-17,22-23,26-28,31-37H2,1-5H3/p+1/b20-18-,21-19+,29-24+,30-25+/t38-,39-,40-,41-/m1/s1. The quantitative estimate of drug-likeness (QED) is 0.0156. The van der Waals surface area contributed by atoms with Crippen LogP contribution in [0.1, 0.15) is 142 Å². The number of carbonyl (C=O) groups excluding carboxylic acids is 2. The van der Waals surface area contributed by atoms with Crippen molar-refractivity contribution in [3.05, 3.63) is 48.6 Å². The summed E-state index contributed by atoms with van der Waals surface area (Å²) in [6.45, 7) is 3.90. The number of esters is 2. The van der Waals surface area contributed by atoms with Crippen LogP contribution in [0, 0.1) is 0 Å². The van der Waals surface area contributed by atoms with Gasteiger partial charge in [-0.25, -0.2) is 4.57 Å². The van der Waals surface area contributed by atoms with E-state index < -0.39 is 50.8 Å². The van der Waals surface area contributed by atoms with E-state index in [0.29, 0.717) is 17.4 Å². The number of phosphoric ester groups is 1. The average molecular weight is 817 g/mol. The number of aliphatic hydroxyl groups excluding tert-OH is 3. The van der Waals surface area contributed by atoms with Crippen LogP contribution in [-0.2, 0) is 32.7 Å². The Morgan fingerprint density at radius 2 is 1.14 bits per heavy atom. The molecule has 0 spiro atoms. The number of allylic oxidation sites excluding steroid dienone is 6. The molecule has 1 unspecified atom stereocenters. The highest BCUT2D eigenvalue weighted by molar-refractivity contribution is 7.47. The Hall–Kier alpha value is -2.15. The molecule has 0 aliphatic rings. The van der Waals surface area contributed by atoms with Gasteiger partial charge in [0.25, 0.3) is 0 Å². The lowest BCUT2D eigenvalue weighted by Gasteiger charge is -2.24. The predicted octanol–water partition coefficient (Wildman–Crippen LogP) is 8.43. The number of hydrogen-bond donors (Lipinski definition) is 4. The molecular weight excluding hydrogens is 737 g/mol. The van der Waals surface area contributed by atoms with Crippen molar-refractivity contribution in [1.29, 1.82) is 0 Å². The highest BCUT2D eigenvalue weighted by Crippen LogP contribution is 2.43. The Morgan fingerprint density at radius 3 is 1.73 bits per heavy atom. The minimum Gasteiger partial charge on any atom is -0.462 e. The molecular formula is C43H79NO11P+. The monoisotopic (exact) mass is 817 g/mol. The average Bonchev–Trinajstić information content (AvgIpc) is 3.13. The van der Waals surface area contributed by atoms with Crippen molar-refractivity contribution in [2.45, 2.75) is 167 Å². The molecule has 0 aliphatic carbocycles. The summed E-state index contributed by atoms with van der Waals surface area (Å²) < 4.78 is 34.0. The number of quaternary nitrogens is 1. The van der Waals surface area contributed by atoms with Crippen molar-refractivity contribution in [3.63, 3.8) is 0 Å². The summed E-state index contributed by atoms with van der Waals surface area (Å²) in [5.74, 6) is -1.13. The van der Waals surface area contributed by atoms with Gasteiger partial charge >= 0.3 is 19.8 Å². The van der Waals surface area contributed by atoms with E-state index in [0.717, 1.165) is 44.9 Å². The van der Waals surface area contributed by atoms with Crippen LogP contribution in [-0.4, -0.2) is 109 Å². The Balaban J connectivity index is 4.72. The second-order valence-electron chi connectivity index (χ2n) is 15.6. The molecule has 0 bridgehead atoms. The second-order valence-corrected chi connectivity index (χ2v) is 17.1. The Kier molecular flexibility index (Phi) is 33.5. The van der Waals surface area contributed by atoms with Crippen LogP contribution in [0.15, 0.2) is 48.6 Å². The first-order chi connectivity index (χ1) is 26.7. The third-order valence-corrected chi connectivity index (χ3v) is 9.96. The van der Waals surface area contributed by atoms with Gasteiger partial charge in [-0.2, -0.15) is 0 Å². The molecule has 326 valence electrons. The molecule has 0 aromatic carbocycles. The molecule has 12 nitrogen and oxygen atoms in total. The Morgan fingerprint density at radius 1 is 0.625 bits per heavy atom. The van der Waals surface area contributed by atoms with E-state index in [1.54, 1.807) is 42.5 Å². The minimum absolute atomic E-state index is 0.0241. The third kappa shape index (κ3) is 36.2. The summed E-state index contributed by atoms with van der Waals surface area (Å²) in [6.07, 6.45) is 28.2. The number of unbranched alkanes of at least 4 members (excludes halogenated alkanes) is 13. The fourth-order valence-corrected chi connectivity index (χ4v) is 6.20. The molecule has 0 saturated carbocycles. The van der Waals surface area contributed by atoms with E-state index in [4.69, 9.17) is 18.5 Å². The highest BCUT2D eigenvalue weighted by Gasteiger charge is 2.27. The van der Waals surface area contributed by atoms with Gasteiger partial charge < -0.3 is 34.2 Å². The van der Waals surface area contributed by atoms with E-state index in [1.165, 1.54) is 57.4 Å². The summed E-state index contributed by atoms with van der Waals surface area (Å²) in [5, 5.41) is 30.5. The Bertz CT molecular complexity index is 1150. The maximum atomic E-state index is 12.7. The molecule has 4 N–H and O–H groups in total. The first-order valence-corrected chi connectivity index (χ1v) is 22.7. The SMILES string of the molecule is CCCCCCCCCCCCCCC(=O)O[C@H](COC(=O)CCC[C@@H](O)[C@H](O)/C=C/C=C/C=C\C=C\[C@H](O)CCCCC)COP(=O)(O)OCC[N+](C)(C)C. The van der Waals surface area contributed by atoms with Crippen LogP contribution < -0.4 is 0 Å². The van der Waals surface area contributed by atoms with E-state index in [-0.39, 0.29) is 38.9 Å². The molecule has 0 aliphatic heterocycles. The molecule has 13 heteroatoms. The second kappa shape index (κ2) is 34.9. The van der Waals surface area contributed by atoms with Gasteiger partial charge in [0.1, 0.15) is 19.8 Å². The van der Waals surface area contributed by atoms with Crippen molar-refractivity contribution in [3.8, 4) is 0 Å². The molecule has 5 atom stereocenters. The predicted molar refractivity (Wildman–Crippen MR) is 224 cm³/mol. The number of likely N-dealkylation sites (N-methyl/N-ethyl adjacent to an activating group) is 1. The molecule has 56 heavy (non-hydrogen) atoms. The normalized spacial score (nSPS) is 15.8. The zero-order chi connectivity index (χ0) is 41.9. The molecule has 0 aromatic rings. The van der Waals surface area contributed by atoms with Crippen molar-refractivity contribution in [2.24, 2.45) is 0 Å². The summed E-state index contributed by atoms with van der Waals surface area (Å²) >= 11 is 0. The summed E-state index contributed by atoms with van der Waals surface area (Å²) in [6, 6.07) is 0. The molecule has 0 heterocycles. The fourth-order valence-electron chi connectivity index (χ4n) is 5.46. The number of hydrogen-bond acceptors (Lipinski definition) is 10. The smallest absolute Gasteiger partial charge is 0.462 e. The van der Waals surface area contributed by atoms with Crippen molar-refractivity contribution < 1.29 is 57.4 Å². The van der Waals surface area contributed by atoms with Crippen molar-refractivity contribution in [2.75, 3.05) is 47.5 Å². The van der Waals surface area contributed by atoms with Gasteiger partial charge in [0, 0.05) is 12.8 Å². The lowest BCUT2D eigenvalue weighted by atomic mass is 10.0. The van der Waals surface area contributed by atoms with Gasteiger partial charge in [-0.05, 0) is 25.7 Å². The molecule has 0 radical (unpaired) electrons. The van der Waals surface area contributed by atoms with Gasteiger partial charge in [-0.15, -0.1) is 0 Å². The third-order valence-electron chi connectivity index (χ3n) is 8.98. The van der Waals surface area contributed by atoms with E-state index in [2.05, 4.69) is 13.8 Å². The summed E-state index contributed by atoms with van der Waals surface area (Å²) in [7, 11) is 1.28. The molecule has 0 amide bonds. The lowest BCUT2D eigenvalue weighted by Crippen LogP contribution is -2.37. The fraction of sp³-hybridized carbons (Fsp3) is 0.767. The molecule has 0 rings (SSSR count). The number of ether oxygens (including phenoxy) is 2. The topological polar surface area (TPSA) is 169 Å². The first kappa shape index (κ1) is 53.9. The molecule has 0 fully saturated rings. The molecule has 0 aromatic heterocycles.